The summed E-state index contributed by atoms with van der Waals surface area (Å²) in [6.07, 6.45) is 0. The molecule has 2 aromatic rings. The van der Waals surface area contributed by atoms with Gasteiger partial charge in [0.25, 0.3) is 0 Å². The summed E-state index contributed by atoms with van der Waals surface area (Å²) in [7, 11) is 0. The highest BCUT2D eigenvalue weighted by Gasteiger charge is 2.15. The highest BCUT2D eigenvalue weighted by molar-refractivity contribution is 8.01. The van der Waals surface area contributed by atoms with Crippen LogP contribution in [0.2, 0.25) is 0 Å². The minimum atomic E-state index is -0.333. The Morgan fingerprint density at radius 1 is 1.16 bits per heavy atom. The van der Waals surface area contributed by atoms with Crippen molar-refractivity contribution >= 4 is 40.2 Å². The van der Waals surface area contributed by atoms with Crippen LogP contribution in [-0.2, 0) is 11.3 Å². The van der Waals surface area contributed by atoms with Crippen LogP contribution in [0.4, 0.5) is 9.93 Å². The molecule has 0 aliphatic rings. The van der Waals surface area contributed by atoms with Gasteiger partial charge >= 0.3 is 6.03 Å². The van der Waals surface area contributed by atoms with Gasteiger partial charge in [-0.25, -0.2) is 4.79 Å². The van der Waals surface area contributed by atoms with Crippen LogP contribution in [0, 0.1) is 0 Å². The topological polar surface area (TPSA) is 96.0 Å². The van der Waals surface area contributed by atoms with Crippen molar-refractivity contribution in [1.82, 2.24) is 20.8 Å². The lowest BCUT2D eigenvalue weighted by atomic mass is 10.1. The van der Waals surface area contributed by atoms with Crippen LogP contribution in [-0.4, -0.2) is 33.4 Å². The molecule has 0 atom stereocenters. The first-order chi connectivity index (χ1) is 11.8. The normalized spacial score (nSPS) is 11.0. The van der Waals surface area contributed by atoms with Crippen molar-refractivity contribution in [3.8, 4) is 0 Å². The molecule has 0 unspecified atom stereocenters. The second-order valence-corrected chi connectivity index (χ2v) is 8.45. The second-order valence-electron chi connectivity index (χ2n) is 6.25. The third-order valence-electron chi connectivity index (χ3n) is 2.77. The maximum absolute atomic E-state index is 11.9. The molecule has 9 heteroatoms. The molecule has 0 saturated carbocycles. The van der Waals surface area contributed by atoms with Gasteiger partial charge in [0.1, 0.15) is 0 Å². The number of anilines is 1. The van der Waals surface area contributed by atoms with Gasteiger partial charge in [0.15, 0.2) is 4.34 Å². The fraction of sp³-hybridized carbons (Fsp3) is 0.375. The summed E-state index contributed by atoms with van der Waals surface area (Å²) in [5.41, 5.74) is 0.719. The van der Waals surface area contributed by atoms with E-state index in [0.29, 0.717) is 16.0 Å². The summed E-state index contributed by atoms with van der Waals surface area (Å²) in [5.74, 6) is 0.166. The molecule has 0 aliphatic heterocycles. The molecule has 1 aromatic heterocycles. The third kappa shape index (κ3) is 7.53. The van der Waals surface area contributed by atoms with Gasteiger partial charge in [-0.3, -0.25) is 10.1 Å². The Balaban J connectivity index is 1.73. The van der Waals surface area contributed by atoms with E-state index in [1.54, 1.807) is 0 Å². The average molecular weight is 380 g/mol. The highest BCUT2D eigenvalue weighted by atomic mass is 32.2. The standard InChI is InChI=1S/C16H21N5O2S2/c1-16(2,3)19-13(23)18-14-20-21-15(25-14)24-10-12(22)17-9-11-7-5-4-6-8-11/h4-8H,9-10H2,1-3H3,(H,17,22)(H2,18,19,20,23). The van der Waals surface area contributed by atoms with Crippen molar-refractivity contribution in [1.29, 1.82) is 0 Å². The molecule has 0 aliphatic carbocycles. The van der Waals surface area contributed by atoms with Crippen molar-refractivity contribution in [3.63, 3.8) is 0 Å². The fourth-order valence-electron chi connectivity index (χ4n) is 1.76. The van der Waals surface area contributed by atoms with Gasteiger partial charge in [0, 0.05) is 12.1 Å². The summed E-state index contributed by atoms with van der Waals surface area (Å²) < 4.78 is 0.626. The molecular weight excluding hydrogens is 358 g/mol. The number of urea groups is 1. The first kappa shape index (κ1) is 19.2. The Morgan fingerprint density at radius 2 is 1.88 bits per heavy atom. The largest absolute Gasteiger partial charge is 0.351 e. The zero-order chi connectivity index (χ0) is 18.3. The predicted octanol–water partition coefficient (Wildman–Crippen LogP) is 2.87. The van der Waals surface area contributed by atoms with Crippen LogP contribution in [0.15, 0.2) is 34.7 Å². The molecule has 0 saturated heterocycles. The van der Waals surface area contributed by atoms with E-state index >= 15 is 0 Å². The molecule has 134 valence electrons. The number of aromatic nitrogens is 2. The van der Waals surface area contributed by atoms with Gasteiger partial charge < -0.3 is 10.6 Å². The number of benzene rings is 1. The minimum Gasteiger partial charge on any atom is -0.351 e. The van der Waals surface area contributed by atoms with E-state index in [1.165, 1.54) is 23.1 Å². The van der Waals surface area contributed by atoms with Crippen LogP contribution >= 0.6 is 23.1 Å². The molecule has 3 amide bonds. The molecule has 0 spiro atoms. The second kappa shape index (κ2) is 8.82. The highest BCUT2D eigenvalue weighted by Crippen LogP contribution is 2.25. The lowest BCUT2D eigenvalue weighted by Crippen LogP contribution is -2.43. The SMILES string of the molecule is CC(C)(C)NC(=O)Nc1nnc(SCC(=O)NCc2ccccc2)s1. The van der Waals surface area contributed by atoms with E-state index < -0.39 is 0 Å². The molecule has 0 radical (unpaired) electrons. The van der Waals surface area contributed by atoms with Gasteiger partial charge in [-0.15, -0.1) is 10.2 Å². The van der Waals surface area contributed by atoms with Crippen molar-refractivity contribution in [2.75, 3.05) is 11.1 Å². The molecule has 7 nitrogen and oxygen atoms in total. The van der Waals surface area contributed by atoms with Crippen LogP contribution in [0.3, 0.4) is 0 Å². The molecular formula is C16H21N5O2S2. The van der Waals surface area contributed by atoms with Crippen molar-refractivity contribution < 1.29 is 9.59 Å². The number of nitrogens with one attached hydrogen (secondary N) is 3. The van der Waals surface area contributed by atoms with E-state index in [4.69, 9.17) is 0 Å². The Morgan fingerprint density at radius 3 is 2.56 bits per heavy atom. The smallest absolute Gasteiger partial charge is 0.321 e. The quantitative estimate of drug-likeness (QED) is 0.530. The zero-order valence-corrected chi connectivity index (χ0v) is 16.0. The van der Waals surface area contributed by atoms with E-state index in [0.717, 1.165) is 5.56 Å². The number of hydrogen-bond donors (Lipinski definition) is 3. The fourth-order valence-corrected chi connectivity index (χ4v) is 3.34. The molecule has 2 rings (SSSR count). The van der Waals surface area contributed by atoms with Crippen molar-refractivity contribution in [2.24, 2.45) is 0 Å². The Labute approximate surface area is 155 Å². The number of carbonyl (C=O) groups is 2. The lowest BCUT2D eigenvalue weighted by molar-refractivity contribution is -0.118. The third-order valence-corrected chi connectivity index (χ3v) is 4.75. The number of rotatable bonds is 6. The molecule has 0 bridgehead atoms. The maximum Gasteiger partial charge on any atom is 0.321 e. The summed E-state index contributed by atoms with van der Waals surface area (Å²) in [6, 6.07) is 9.38. The van der Waals surface area contributed by atoms with Gasteiger partial charge in [-0.05, 0) is 26.3 Å². The number of thioether (sulfide) groups is 1. The van der Waals surface area contributed by atoms with Crippen LogP contribution in [0.25, 0.3) is 0 Å². The molecule has 25 heavy (non-hydrogen) atoms. The molecule has 1 heterocycles. The summed E-state index contributed by atoms with van der Waals surface area (Å²) >= 11 is 2.52. The van der Waals surface area contributed by atoms with Crippen LogP contribution in [0.5, 0.6) is 0 Å². The number of amides is 3. The van der Waals surface area contributed by atoms with Crippen molar-refractivity contribution in [2.45, 2.75) is 37.2 Å². The predicted molar refractivity (Wildman–Crippen MR) is 101 cm³/mol. The van der Waals surface area contributed by atoms with E-state index in [1.807, 2.05) is 51.1 Å². The Hall–Kier alpha value is -2.13. The number of carbonyl (C=O) groups excluding carboxylic acids is 2. The van der Waals surface area contributed by atoms with Crippen molar-refractivity contribution in [3.05, 3.63) is 35.9 Å². The lowest BCUT2D eigenvalue weighted by Gasteiger charge is -2.19. The van der Waals surface area contributed by atoms with Gasteiger partial charge in [0.2, 0.25) is 11.0 Å². The summed E-state index contributed by atoms with van der Waals surface area (Å²) in [5, 5.41) is 16.5. The monoisotopic (exact) mass is 379 g/mol. The van der Waals surface area contributed by atoms with Gasteiger partial charge in [0.05, 0.1) is 5.75 Å². The molecule has 0 fully saturated rings. The Kier molecular flexibility index (Phi) is 6.77. The summed E-state index contributed by atoms with van der Waals surface area (Å²) in [6.45, 7) is 6.17. The van der Waals surface area contributed by atoms with E-state index in [-0.39, 0.29) is 23.2 Å². The van der Waals surface area contributed by atoms with E-state index in [2.05, 4.69) is 26.1 Å². The van der Waals surface area contributed by atoms with Gasteiger partial charge in [-0.1, -0.05) is 53.4 Å². The number of nitrogens with zero attached hydrogens (tertiary/aromatic N) is 2. The zero-order valence-electron chi connectivity index (χ0n) is 14.3. The maximum atomic E-state index is 11.9. The summed E-state index contributed by atoms with van der Waals surface area (Å²) in [4.78, 5) is 23.6. The Bertz CT molecular complexity index is 713. The van der Waals surface area contributed by atoms with Crippen LogP contribution < -0.4 is 16.0 Å². The van der Waals surface area contributed by atoms with Crippen LogP contribution in [0.1, 0.15) is 26.3 Å². The van der Waals surface area contributed by atoms with E-state index in [9.17, 15) is 9.59 Å². The first-order valence-electron chi connectivity index (χ1n) is 7.68. The minimum absolute atomic E-state index is 0.0796. The molecule has 1 aromatic carbocycles. The average Bonchev–Trinajstić information content (AvgIpc) is 2.97. The molecule has 3 N–H and O–H groups in total. The number of hydrogen-bond acceptors (Lipinski definition) is 6. The first-order valence-corrected chi connectivity index (χ1v) is 9.48. The van der Waals surface area contributed by atoms with Gasteiger partial charge in [-0.2, -0.15) is 0 Å².